The average Bonchev–Trinajstić information content (AvgIpc) is 2.33. The van der Waals surface area contributed by atoms with Crippen LogP contribution in [-0.4, -0.2) is 11.3 Å². The molecule has 0 fully saturated rings. The second-order valence-electron chi connectivity index (χ2n) is 4.04. The van der Waals surface area contributed by atoms with Gasteiger partial charge in [-0.2, -0.15) is 0 Å². The summed E-state index contributed by atoms with van der Waals surface area (Å²) >= 11 is 5.89. The van der Waals surface area contributed by atoms with E-state index in [1.165, 1.54) is 0 Å². The fourth-order valence-electron chi connectivity index (χ4n) is 1.89. The fourth-order valence-corrected chi connectivity index (χ4v) is 2.07. The topological polar surface area (TPSA) is 49.5 Å². The second-order valence-corrected chi connectivity index (χ2v) is 4.48. The lowest BCUT2D eigenvalue weighted by molar-refractivity contribution is 0.201. The van der Waals surface area contributed by atoms with Crippen molar-refractivity contribution in [3.05, 3.63) is 53.6 Å². The first-order chi connectivity index (χ1) is 8.59. The van der Waals surface area contributed by atoms with Gasteiger partial charge in [0.1, 0.15) is 6.23 Å². The van der Waals surface area contributed by atoms with Gasteiger partial charge in [-0.15, -0.1) is 0 Å². The summed E-state index contributed by atoms with van der Waals surface area (Å²) in [6, 6.07) is 14.8. The van der Waals surface area contributed by atoms with E-state index in [1.54, 1.807) is 30.0 Å². The Hall–Kier alpha value is -1.71. The predicted octanol–water partition coefficient (Wildman–Crippen LogP) is 3.40. The van der Waals surface area contributed by atoms with Crippen molar-refractivity contribution in [3.8, 4) is 0 Å². The molecule has 0 heterocycles. The molecule has 2 rings (SSSR count). The minimum absolute atomic E-state index is 0.534. The third-order valence-electron chi connectivity index (χ3n) is 2.66. The lowest BCUT2D eigenvalue weighted by Gasteiger charge is -2.29. The molecule has 0 aliphatic heterocycles. The lowest BCUT2D eigenvalue weighted by atomic mass is 10.2. The number of aliphatic hydroxyl groups excluding tert-OH is 1. The number of para-hydroxylation sites is 1. The molecule has 3 nitrogen and oxygen atoms in total. The van der Waals surface area contributed by atoms with E-state index in [1.807, 2.05) is 30.3 Å². The molecule has 4 heteroatoms. The summed E-state index contributed by atoms with van der Waals surface area (Å²) in [4.78, 5) is 1.76. The largest absolute Gasteiger partial charge is 0.397 e. The van der Waals surface area contributed by atoms with Crippen LogP contribution in [0, 0.1) is 0 Å². The number of hydrogen-bond donors (Lipinski definition) is 2. The van der Waals surface area contributed by atoms with Crippen molar-refractivity contribution in [2.45, 2.75) is 13.2 Å². The van der Waals surface area contributed by atoms with E-state index in [2.05, 4.69) is 0 Å². The number of halogens is 1. The molecule has 2 aromatic rings. The number of rotatable bonds is 3. The van der Waals surface area contributed by atoms with Gasteiger partial charge in [0.05, 0.1) is 11.4 Å². The maximum Gasteiger partial charge on any atom is 0.128 e. The number of benzene rings is 2. The van der Waals surface area contributed by atoms with Crippen LogP contribution in [0.3, 0.4) is 0 Å². The van der Waals surface area contributed by atoms with Crippen LogP contribution in [0.15, 0.2) is 48.5 Å². The Morgan fingerprint density at radius 1 is 1.17 bits per heavy atom. The molecule has 0 aromatic heterocycles. The molecular formula is C14H15ClN2O. The van der Waals surface area contributed by atoms with E-state index in [-0.39, 0.29) is 0 Å². The summed E-state index contributed by atoms with van der Waals surface area (Å²) < 4.78 is 0. The van der Waals surface area contributed by atoms with Crippen molar-refractivity contribution in [1.82, 2.24) is 0 Å². The van der Waals surface area contributed by atoms with E-state index in [0.717, 1.165) is 11.4 Å². The summed E-state index contributed by atoms with van der Waals surface area (Å²) in [5.41, 5.74) is 8.11. The van der Waals surface area contributed by atoms with Crippen LogP contribution >= 0.6 is 11.6 Å². The van der Waals surface area contributed by atoms with Gasteiger partial charge in [-0.05, 0) is 37.3 Å². The van der Waals surface area contributed by atoms with Crippen molar-refractivity contribution in [3.63, 3.8) is 0 Å². The molecular weight excluding hydrogens is 248 g/mol. The van der Waals surface area contributed by atoms with E-state index in [0.29, 0.717) is 10.7 Å². The minimum atomic E-state index is -0.684. The molecule has 0 bridgehead atoms. The maximum atomic E-state index is 9.95. The first-order valence-corrected chi connectivity index (χ1v) is 6.05. The Morgan fingerprint density at radius 3 is 2.39 bits per heavy atom. The van der Waals surface area contributed by atoms with Crippen molar-refractivity contribution >= 4 is 28.7 Å². The second kappa shape index (κ2) is 5.29. The molecule has 0 aliphatic carbocycles. The van der Waals surface area contributed by atoms with Crippen molar-refractivity contribution < 1.29 is 5.11 Å². The number of nitrogens with two attached hydrogens (primary N) is 1. The van der Waals surface area contributed by atoms with Gasteiger partial charge in [-0.1, -0.05) is 29.8 Å². The van der Waals surface area contributed by atoms with Gasteiger partial charge < -0.3 is 15.7 Å². The van der Waals surface area contributed by atoms with E-state index >= 15 is 0 Å². The number of nitrogen functional groups attached to an aromatic ring is 1. The zero-order valence-electron chi connectivity index (χ0n) is 10.0. The summed E-state index contributed by atoms with van der Waals surface area (Å²) in [6.45, 7) is 1.70. The molecule has 0 spiro atoms. The lowest BCUT2D eigenvalue weighted by Crippen LogP contribution is -2.28. The van der Waals surface area contributed by atoms with Crippen LogP contribution in [0.4, 0.5) is 17.1 Å². The highest BCUT2D eigenvalue weighted by Gasteiger charge is 2.16. The van der Waals surface area contributed by atoms with Crippen molar-refractivity contribution in [1.29, 1.82) is 0 Å². The smallest absolute Gasteiger partial charge is 0.128 e. The summed E-state index contributed by atoms with van der Waals surface area (Å²) in [7, 11) is 0. The summed E-state index contributed by atoms with van der Waals surface area (Å²) in [5.74, 6) is 0. The molecule has 0 radical (unpaired) electrons. The van der Waals surface area contributed by atoms with Crippen LogP contribution in [0.5, 0.6) is 0 Å². The Balaban J connectivity index is 2.49. The molecule has 0 aliphatic rings. The molecule has 3 N–H and O–H groups in total. The monoisotopic (exact) mass is 262 g/mol. The highest BCUT2D eigenvalue weighted by molar-refractivity contribution is 6.31. The van der Waals surface area contributed by atoms with Gasteiger partial charge in [-0.25, -0.2) is 0 Å². The molecule has 0 amide bonds. The highest BCUT2D eigenvalue weighted by atomic mass is 35.5. The molecule has 1 atom stereocenters. The standard InChI is InChI=1S/C14H15ClN2O/c1-10(18)17(12-5-3-2-4-6-12)14-8-7-11(15)9-13(14)16/h2-10,18H,16H2,1H3. The van der Waals surface area contributed by atoms with Crippen LogP contribution in [0.2, 0.25) is 5.02 Å². The Morgan fingerprint density at radius 2 is 1.83 bits per heavy atom. The van der Waals surface area contributed by atoms with Crippen molar-refractivity contribution in [2.24, 2.45) is 0 Å². The molecule has 0 saturated heterocycles. The Bertz CT molecular complexity index is 529. The van der Waals surface area contributed by atoms with Gasteiger partial charge in [0.15, 0.2) is 0 Å². The normalized spacial score (nSPS) is 12.2. The third kappa shape index (κ3) is 2.58. The Labute approximate surface area is 111 Å². The van der Waals surface area contributed by atoms with Crippen molar-refractivity contribution in [2.75, 3.05) is 10.6 Å². The highest BCUT2D eigenvalue weighted by Crippen LogP contribution is 2.33. The number of anilines is 3. The SMILES string of the molecule is CC(O)N(c1ccccc1)c1ccc(Cl)cc1N. The van der Waals surface area contributed by atoms with E-state index < -0.39 is 6.23 Å². The van der Waals surface area contributed by atoms with Crippen LogP contribution in [0.1, 0.15) is 6.92 Å². The number of nitrogens with zero attached hydrogens (tertiary/aromatic N) is 1. The van der Waals surface area contributed by atoms with Gasteiger partial charge in [0.25, 0.3) is 0 Å². The zero-order chi connectivity index (χ0) is 13.1. The minimum Gasteiger partial charge on any atom is -0.397 e. The quantitative estimate of drug-likeness (QED) is 0.658. The fraction of sp³-hybridized carbons (Fsp3) is 0.143. The summed E-state index contributed by atoms with van der Waals surface area (Å²) in [6.07, 6.45) is -0.684. The number of aliphatic hydroxyl groups is 1. The predicted molar refractivity (Wildman–Crippen MR) is 76.1 cm³/mol. The molecule has 0 saturated carbocycles. The van der Waals surface area contributed by atoms with Gasteiger partial charge in [-0.3, -0.25) is 0 Å². The van der Waals surface area contributed by atoms with E-state index in [4.69, 9.17) is 17.3 Å². The van der Waals surface area contributed by atoms with Gasteiger partial charge in [0, 0.05) is 10.7 Å². The van der Waals surface area contributed by atoms with Crippen LogP contribution in [-0.2, 0) is 0 Å². The first-order valence-electron chi connectivity index (χ1n) is 5.67. The first kappa shape index (κ1) is 12.7. The van der Waals surface area contributed by atoms with Gasteiger partial charge >= 0.3 is 0 Å². The van der Waals surface area contributed by atoms with Crippen LogP contribution in [0.25, 0.3) is 0 Å². The molecule has 2 aromatic carbocycles. The number of hydrogen-bond acceptors (Lipinski definition) is 3. The molecule has 1 unspecified atom stereocenters. The third-order valence-corrected chi connectivity index (χ3v) is 2.89. The summed E-state index contributed by atoms with van der Waals surface area (Å²) in [5, 5.41) is 10.5. The van der Waals surface area contributed by atoms with Crippen LogP contribution < -0.4 is 10.6 Å². The average molecular weight is 263 g/mol. The molecule has 18 heavy (non-hydrogen) atoms. The van der Waals surface area contributed by atoms with Gasteiger partial charge in [0.2, 0.25) is 0 Å². The Kier molecular flexibility index (Phi) is 3.75. The maximum absolute atomic E-state index is 9.95. The molecule has 94 valence electrons. The van der Waals surface area contributed by atoms with E-state index in [9.17, 15) is 5.11 Å². The zero-order valence-corrected chi connectivity index (χ0v) is 10.8.